The maximum atomic E-state index is 13.2. The molecule has 168 valence electrons. The van der Waals surface area contributed by atoms with Crippen LogP contribution in [0.25, 0.3) is 11.4 Å². The molecule has 1 aromatic heterocycles. The second-order valence-corrected chi connectivity index (χ2v) is 7.70. The zero-order valence-electron chi connectivity index (χ0n) is 17.5. The largest absolute Gasteiger partial charge is 0.493 e. The summed E-state index contributed by atoms with van der Waals surface area (Å²) in [6.45, 7) is 0.0179. The minimum atomic E-state index is -0.954. The average Bonchev–Trinajstić information content (AvgIpc) is 3.52. The van der Waals surface area contributed by atoms with Crippen LogP contribution in [-0.2, 0) is 16.1 Å². The Bertz CT molecular complexity index is 1260. The highest BCUT2D eigenvalue weighted by atomic mass is 35.5. The summed E-state index contributed by atoms with van der Waals surface area (Å²) < 4.78 is 15.8. The van der Waals surface area contributed by atoms with Crippen LogP contribution < -0.4 is 14.4 Å². The normalized spacial score (nSPS) is 19.4. The average molecular weight is 469 g/mol. The molecule has 1 saturated heterocycles. The van der Waals surface area contributed by atoms with Crippen molar-refractivity contribution in [3.63, 3.8) is 0 Å². The van der Waals surface area contributed by atoms with Crippen LogP contribution >= 0.6 is 11.6 Å². The van der Waals surface area contributed by atoms with E-state index in [0.717, 1.165) is 10.5 Å². The molecular formula is C21H17ClN6O5. The van der Waals surface area contributed by atoms with Gasteiger partial charge in [0.25, 0.3) is 11.8 Å². The van der Waals surface area contributed by atoms with Crippen LogP contribution in [0, 0.1) is 0 Å². The van der Waals surface area contributed by atoms with Crippen molar-refractivity contribution in [2.24, 2.45) is 10.3 Å². The molecule has 2 atom stereocenters. The van der Waals surface area contributed by atoms with Gasteiger partial charge in [-0.05, 0) is 36.4 Å². The van der Waals surface area contributed by atoms with Gasteiger partial charge in [0.1, 0.15) is 6.54 Å². The van der Waals surface area contributed by atoms with E-state index in [9.17, 15) is 9.59 Å². The van der Waals surface area contributed by atoms with Crippen LogP contribution in [0.4, 0.5) is 5.69 Å². The molecule has 2 aliphatic rings. The van der Waals surface area contributed by atoms with Crippen LogP contribution in [-0.4, -0.2) is 53.3 Å². The second kappa shape index (κ2) is 8.17. The van der Waals surface area contributed by atoms with Gasteiger partial charge in [-0.15, -0.1) is 0 Å². The van der Waals surface area contributed by atoms with Gasteiger partial charge < -0.3 is 14.0 Å². The Kier molecular flexibility index (Phi) is 5.17. The van der Waals surface area contributed by atoms with E-state index in [1.807, 2.05) is 0 Å². The molecule has 2 aliphatic heterocycles. The van der Waals surface area contributed by atoms with Crippen molar-refractivity contribution < 1.29 is 23.6 Å². The third-order valence-electron chi connectivity index (χ3n) is 5.35. The fourth-order valence-electron chi connectivity index (χ4n) is 3.75. The van der Waals surface area contributed by atoms with E-state index in [1.165, 1.54) is 19.2 Å². The summed E-state index contributed by atoms with van der Waals surface area (Å²) in [5.74, 6) is 0.538. The molecule has 3 aromatic rings. The SMILES string of the molecule is COc1ccc(N2C(=O)[C@H]3N=NN(Cc4nc(-c5ccc(Cl)cc5)no4)[C@@H]3C2=O)cc1OC. The lowest BCUT2D eigenvalue weighted by molar-refractivity contribution is -0.123. The van der Waals surface area contributed by atoms with E-state index < -0.39 is 23.9 Å². The summed E-state index contributed by atoms with van der Waals surface area (Å²) in [5.41, 5.74) is 1.08. The minimum Gasteiger partial charge on any atom is -0.493 e. The number of hydrogen-bond donors (Lipinski definition) is 0. The molecule has 3 heterocycles. The van der Waals surface area contributed by atoms with Gasteiger partial charge in [-0.1, -0.05) is 22.0 Å². The van der Waals surface area contributed by atoms with E-state index in [4.69, 9.17) is 25.6 Å². The molecule has 11 nitrogen and oxygen atoms in total. The zero-order valence-corrected chi connectivity index (χ0v) is 18.3. The van der Waals surface area contributed by atoms with Gasteiger partial charge in [0, 0.05) is 16.7 Å². The summed E-state index contributed by atoms with van der Waals surface area (Å²) in [4.78, 5) is 31.6. The van der Waals surface area contributed by atoms with Crippen molar-refractivity contribution in [3.8, 4) is 22.9 Å². The molecule has 0 unspecified atom stereocenters. The third kappa shape index (κ3) is 3.55. The quantitative estimate of drug-likeness (QED) is 0.506. The number of hydrogen-bond acceptors (Lipinski definition) is 10. The number of carbonyl (C=O) groups is 2. The van der Waals surface area contributed by atoms with Gasteiger partial charge in [0.2, 0.25) is 11.7 Å². The van der Waals surface area contributed by atoms with Crippen molar-refractivity contribution in [1.29, 1.82) is 0 Å². The Labute approximate surface area is 192 Å². The predicted molar refractivity (Wildman–Crippen MR) is 115 cm³/mol. The van der Waals surface area contributed by atoms with E-state index >= 15 is 0 Å². The number of carbonyl (C=O) groups excluding carboxylic acids is 2. The molecule has 12 heteroatoms. The predicted octanol–water partition coefficient (Wildman–Crippen LogP) is 2.90. The van der Waals surface area contributed by atoms with E-state index in [2.05, 4.69) is 20.5 Å². The Morgan fingerprint density at radius 2 is 1.79 bits per heavy atom. The molecular weight excluding hydrogens is 452 g/mol. The van der Waals surface area contributed by atoms with Crippen LogP contribution in [0.2, 0.25) is 5.02 Å². The number of benzene rings is 2. The number of ether oxygens (including phenoxy) is 2. The van der Waals surface area contributed by atoms with Crippen molar-refractivity contribution >= 4 is 29.1 Å². The summed E-state index contributed by atoms with van der Waals surface area (Å²) >= 11 is 5.91. The second-order valence-electron chi connectivity index (χ2n) is 7.26. The monoisotopic (exact) mass is 468 g/mol. The Hall–Kier alpha value is -3.99. The molecule has 0 bridgehead atoms. The number of amides is 2. The summed E-state index contributed by atoms with van der Waals surface area (Å²) in [6.07, 6.45) is 0. The zero-order chi connectivity index (χ0) is 23.1. The fraction of sp³-hybridized carbons (Fsp3) is 0.238. The summed E-state index contributed by atoms with van der Waals surface area (Å²) in [6, 6.07) is 9.91. The Balaban J connectivity index is 1.36. The van der Waals surface area contributed by atoms with Crippen molar-refractivity contribution in [2.75, 3.05) is 19.1 Å². The Morgan fingerprint density at radius 3 is 2.52 bits per heavy atom. The van der Waals surface area contributed by atoms with Crippen LogP contribution in [0.5, 0.6) is 11.5 Å². The molecule has 5 rings (SSSR count). The van der Waals surface area contributed by atoms with Gasteiger partial charge in [-0.2, -0.15) is 10.1 Å². The van der Waals surface area contributed by atoms with Crippen molar-refractivity contribution in [1.82, 2.24) is 15.1 Å². The third-order valence-corrected chi connectivity index (χ3v) is 5.60. The first-order valence-electron chi connectivity index (χ1n) is 9.86. The number of fused-ring (bicyclic) bond motifs is 1. The number of methoxy groups -OCH3 is 2. The first kappa shape index (κ1) is 20.9. The topological polar surface area (TPSA) is 123 Å². The number of nitrogens with zero attached hydrogens (tertiary/aromatic N) is 6. The van der Waals surface area contributed by atoms with Gasteiger partial charge >= 0.3 is 0 Å². The standard InChI is InChI=1S/C21H17ClN6O5/c1-31-14-8-7-13(9-15(14)32-2)28-20(29)17-18(21(28)30)27(26-24-17)10-16-23-19(25-33-16)11-3-5-12(22)6-4-11/h3-9,17-18H,10H2,1-2H3/t17-,18-/m0/s1. The van der Waals surface area contributed by atoms with Crippen molar-refractivity contribution in [3.05, 3.63) is 53.4 Å². The van der Waals surface area contributed by atoms with Gasteiger partial charge in [-0.3, -0.25) is 14.6 Å². The fourth-order valence-corrected chi connectivity index (χ4v) is 3.87. The summed E-state index contributed by atoms with van der Waals surface area (Å²) in [7, 11) is 2.98. The lowest BCUT2D eigenvalue weighted by Gasteiger charge is -2.20. The number of anilines is 1. The van der Waals surface area contributed by atoms with E-state index in [0.29, 0.717) is 28.0 Å². The molecule has 2 amide bonds. The maximum Gasteiger partial charge on any atom is 0.263 e. The highest BCUT2D eigenvalue weighted by Crippen LogP contribution is 2.37. The molecule has 1 fully saturated rings. The van der Waals surface area contributed by atoms with Gasteiger partial charge in [0.05, 0.1) is 19.9 Å². The highest BCUT2D eigenvalue weighted by molar-refractivity contribution is 6.30. The minimum absolute atomic E-state index is 0.0179. The van der Waals surface area contributed by atoms with Crippen molar-refractivity contribution in [2.45, 2.75) is 18.6 Å². The Morgan fingerprint density at radius 1 is 1.03 bits per heavy atom. The first-order chi connectivity index (χ1) is 16.0. The highest BCUT2D eigenvalue weighted by Gasteiger charge is 2.55. The number of rotatable bonds is 6. The molecule has 2 aromatic carbocycles. The number of aromatic nitrogens is 2. The summed E-state index contributed by atoms with van der Waals surface area (Å²) in [5, 5.41) is 13.9. The van der Waals surface area contributed by atoms with Gasteiger partial charge in [-0.25, -0.2) is 4.90 Å². The number of imide groups is 1. The van der Waals surface area contributed by atoms with E-state index in [1.54, 1.807) is 42.5 Å². The smallest absolute Gasteiger partial charge is 0.263 e. The lowest BCUT2D eigenvalue weighted by Crippen LogP contribution is -2.39. The number of halogens is 1. The first-order valence-corrected chi connectivity index (χ1v) is 10.2. The molecule has 0 radical (unpaired) electrons. The van der Waals surface area contributed by atoms with E-state index in [-0.39, 0.29) is 12.4 Å². The molecule has 0 N–H and O–H groups in total. The van der Waals surface area contributed by atoms with Crippen LogP contribution in [0.15, 0.2) is 57.3 Å². The molecule has 0 spiro atoms. The molecule has 0 aliphatic carbocycles. The van der Waals surface area contributed by atoms with Gasteiger partial charge in [0.15, 0.2) is 23.6 Å². The lowest BCUT2D eigenvalue weighted by atomic mass is 10.1. The van der Waals surface area contributed by atoms with Crippen LogP contribution in [0.3, 0.4) is 0 Å². The van der Waals surface area contributed by atoms with Crippen LogP contribution in [0.1, 0.15) is 5.89 Å². The molecule has 33 heavy (non-hydrogen) atoms. The molecule has 0 saturated carbocycles. The maximum absolute atomic E-state index is 13.2.